The summed E-state index contributed by atoms with van der Waals surface area (Å²) < 4.78 is 0. The van der Waals surface area contributed by atoms with E-state index in [4.69, 9.17) is 16.6 Å². The zero-order valence-corrected chi connectivity index (χ0v) is 17.3. The molecule has 1 saturated heterocycles. The lowest BCUT2D eigenvalue weighted by molar-refractivity contribution is 0.550. The van der Waals surface area contributed by atoms with E-state index in [0.29, 0.717) is 22.8 Å². The Morgan fingerprint density at radius 2 is 2.00 bits per heavy atom. The fourth-order valence-electron chi connectivity index (χ4n) is 3.96. The maximum Gasteiger partial charge on any atom is 0.227 e. The van der Waals surface area contributed by atoms with Gasteiger partial charge in [-0.05, 0) is 35.2 Å². The number of benzene rings is 2. The molecule has 0 amide bonds. The van der Waals surface area contributed by atoms with E-state index in [1.165, 1.54) is 11.1 Å². The molecule has 1 unspecified atom stereocenters. The van der Waals surface area contributed by atoms with E-state index in [1.807, 2.05) is 12.3 Å². The standard InChI is InChI=1S/C23H23ClN6/c24-20-15-27-23(29-22(20)28-19-7-6-17-13-25-14-18(17)12-19)30-10-8-21(26-9-11-30)16-4-2-1-3-5-16/h1-7,12,14-15,21,26H,8-11,13H2,(H,27,28,29). The van der Waals surface area contributed by atoms with Gasteiger partial charge in [-0.2, -0.15) is 4.98 Å². The lowest BCUT2D eigenvalue weighted by Crippen LogP contribution is -2.29. The Morgan fingerprint density at radius 3 is 2.90 bits per heavy atom. The van der Waals surface area contributed by atoms with Gasteiger partial charge in [-0.1, -0.05) is 48.0 Å². The highest BCUT2D eigenvalue weighted by Gasteiger charge is 2.20. The van der Waals surface area contributed by atoms with Crippen LogP contribution in [0, 0.1) is 0 Å². The van der Waals surface area contributed by atoms with Crippen molar-refractivity contribution in [2.75, 3.05) is 29.9 Å². The zero-order chi connectivity index (χ0) is 20.3. The Labute approximate surface area is 181 Å². The van der Waals surface area contributed by atoms with Crippen LogP contribution in [0.3, 0.4) is 0 Å². The Balaban J connectivity index is 1.32. The van der Waals surface area contributed by atoms with Crippen LogP contribution >= 0.6 is 11.6 Å². The molecule has 0 radical (unpaired) electrons. The molecular weight excluding hydrogens is 396 g/mol. The van der Waals surface area contributed by atoms with Gasteiger partial charge in [-0.15, -0.1) is 0 Å². The van der Waals surface area contributed by atoms with Crippen LogP contribution in [0.2, 0.25) is 5.02 Å². The number of halogens is 1. The number of rotatable bonds is 4. The van der Waals surface area contributed by atoms with E-state index in [9.17, 15) is 0 Å². The van der Waals surface area contributed by atoms with Crippen molar-refractivity contribution in [2.24, 2.45) is 4.99 Å². The van der Waals surface area contributed by atoms with Crippen LogP contribution in [-0.2, 0) is 6.54 Å². The first-order valence-electron chi connectivity index (χ1n) is 10.2. The molecule has 2 N–H and O–H groups in total. The second kappa shape index (κ2) is 8.42. The van der Waals surface area contributed by atoms with Crippen molar-refractivity contribution in [3.05, 3.63) is 76.4 Å². The lowest BCUT2D eigenvalue weighted by atomic mass is 10.0. The Bertz CT molecular complexity index is 1070. The Hall–Kier alpha value is -2.96. The smallest absolute Gasteiger partial charge is 0.227 e. The van der Waals surface area contributed by atoms with Crippen LogP contribution in [0.5, 0.6) is 0 Å². The molecule has 3 aromatic rings. The van der Waals surface area contributed by atoms with Crippen LogP contribution in [0.1, 0.15) is 29.2 Å². The van der Waals surface area contributed by atoms with Crippen molar-refractivity contribution in [1.29, 1.82) is 0 Å². The molecule has 152 valence electrons. The lowest BCUT2D eigenvalue weighted by Gasteiger charge is -2.21. The van der Waals surface area contributed by atoms with Gasteiger partial charge in [-0.25, -0.2) is 4.98 Å². The van der Waals surface area contributed by atoms with Crippen LogP contribution in [0.4, 0.5) is 17.5 Å². The number of anilines is 3. The monoisotopic (exact) mass is 418 g/mol. The Morgan fingerprint density at radius 1 is 1.10 bits per heavy atom. The van der Waals surface area contributed by atoms with Crippen LogP contribution in [-0.4, -0.2) is 35.8 Å². The molecule has 0 saturated carbocycles. The van der Waals surface area contributed by atoms with Crippen molar-refractivity contribution in [1.82, 2.24) is 15.3 Å². The zero-order valence-electron chi connectivity index (χ0n) is 16.6. The second-order valence-electron chi connectivity index (χ2n) is 7.57. The Kier molecular flexibility index (Phi) is 5.34. The van der Waals surface area contributed by atoms with Gasteiger partial charge in [0.2, 0.25) is 5.95 Å². The summed E-state index contributed by atoms with van der Waals surface area (Å²) in [5.74, 6) is 1.31. The van der Waals surface area contributed by atoms with Gasteiger partial charge in [0, 0.05) is 37.6 Å². The summed E-state index contributed by atoms with van der Waals surface area (Å²) in [6, 6.07) is 17.1. The largest absolute Gasteiger partial charge is 0.339 e. The molecule has 0 bridgehead atoms. The van der Waals surface area contributed by atoms with Gasteiger partial charge in [0.15, 0.2) is 5.82 Å². The number of aromatic nitrogens is 2. The number of nitrogens with zero attached hydrogens (tertiary/aromatic N) is 4. The van der Waals surface area contributed by atoms with Crippen molar-refractivity contribution < 1.29 is 0 Å². The molecule has 0 spiro atoms. The molecule has 2 aromatic carbocycles. The molecular formula is C23H23ClN6. The highest BCUT2D eigenvalue weighted by atomic mass is 35.5. The van der Waals surface area contributed by atoms with Gasteiger partial charge in [0.1, 0.15) is 5.02 Å². The van der Waals surface area contributed by atoms with Crippen LogP contribution in [0.25, 0.3) is 0 Å². The molecule has 7 heteroatoms. The maximum atomic E-state index is 6.39. The molecule has 1 aromatic heterocycles. The second-order valence-corrected chi connectivity index (χ2v) is 7.98. The number of aliphatic imine (C=N–C) groups is 1. The number of hydrogen-bond acceptors (Lipinski definition) is 6. The number of fused-ring (bicyclic) bond motifs is 1. The molecule has 5 rings (SSSR count). The van der Waals surface area contributed by atoms with Crippen molar-refractivity contribution in [3.8, 4) is 0 Å². The topological polar surface area (TPSA) is 65.4 Å². The van der Waals surface area contributed by atoms with E-state index in [0.717, 1.165) is 43.9 Å². The van der Waals surface area contributed by atoms with Gasteiger partial charge in [0.05, 0.1) is 12.7 Å². The van der Waals surface area contributed by atoms with E-state index < -0.39 is 0 Å². The fourth-order valence-corrected chi connectivity index (χ4v) is 4.09. The summed E-state index contributed by atoms with van der Waals surface area (Å²) in [6.45, 7) is 3.35. The average molecular weight is 419 g/mol. The van der Waals surface area contributed by atoms with Crippen LogP contribution in [0.15, 0.2) is 59.7 Å². The summed E-state index contributed by atoms with van der Waals surface area (Å²) in [7, 11) is 0. The highest BCUT2D eigenvalue weighted by molar-refractivity contribution is 6.32. The third-order valence-corrected chi connectivity index (χ3v) is 5.85. The van der Waals surface area contributed by atoms with Crippen molar-refractivity contribution in [3.63, 3.8) is 0 Å². The first kappa shape index (κ1) is 19.0. The van der Waals surface area contributed by atoms with Gasteiger partial charge < -0.3 is 15.5 Å². The summed E-state index contributed by atoms with van der Waals surface area (Å²) in [6.07, 6.45) is 4.57. The summed E-state index contributed by atoms with van der Waals surface area (Å²) in [4.78, 5) is 15.8. The maximum absolute atomic E-state index is 6.39. The minimum Gasteiger partial charge on any atom is -0.339 e. The van der Waals surface area contributed by atoms with E-state index in [1.54, 1.807) is 6.20 Å². The van der Waals surface area contributed by atoms with Gasteiger partial charge in [0.25, 0.3) is 0 Å². The van der Waals surface area contributed by atoms with E-state index in [-0.39, 0.29) is 0 Å². The highest BCUT2D eigenvalue weighted by Crippen LogP contribution is 2.28. The molecule has 30 heavy (non-hydrogen) atoms. The van der Waals surface area contributed by atoms with Crippen LogP contribution < -0.4 is 15.5 Å². The van der Waals surface area contributed by atoms with Gasteiger partial charge in [-0.3, -0.25) is 4.99 Å². The first-order chi connectivity index (χ1) is 14.8. The predicted molar refractivity (Wildman–Crippen MR) is 122 cm³/mol. The fraction of sp³-hybridized carbons (Fsp3) is 0.261. The molecule has 1 atom stereocenters. The van der Waals surface area contributed by atoms with Crippen molar-refractivity contribution in [2.45, 2.75) is 19.0 Å². The van der Waals surface area contributed by atoms with Crippen molar-refractivity contribution >= 4 is 35.3 Å². The first-order valence-corrected chi connectivity index (χ1v) is 10.6. The predicted octanol–water partition coefficient (Wildman–Crippen LogP) is 4.35. The SMILES string of the molecule is Clc1cnc(N2CCNC(c3ccccc3)CC2)nc1Nc1ccc2c(c1)C=NC2. The third-order valence-electron chi connectivity index (χ3n) is 5.58. The molecule has 2 aliphatic heterocycles. The molecule has 2 aliphatic rings. The summed E-state index contributed by atoms with van der Waals surface area (Å²) in [5.41, 5.74) is 4.63. The van der Waals surface area contributed by atoms with Gasteiger partial charge >= 0.3 is 0 Å². The summed E-state index contributed by atoms with van der Waals surface area (Å²) in [5, 5.41) is 7.48. The minimum atomic E-state index is 0.342. The third kappa shape index (κ3) is 4.01. The minimum absolute atomic E-state index is 0.342. The summed E-state index contributed by atoms with van der Waals surface area (Å²) >= 11 is 6.39. The molecule has 1 fully saturated rings. The quantitative estimate of drug-likeness (QED) is 0.659. The average Bonchev–Trinajstić information content (AvgIpc) is 3.10. The normalized spacial score (nSPS) is 18.2. The molecule has 0 aliphatic carbocycles. The van der Waals surface area contributed by atoms with E-state index in [2.05, 4.69) is 68.0 Å². The molecule has 3 heterocycles. The molecule has 6 nitrogen and oxygen atoms in total. The number of nitrogens with one attached hydrogen (secondary N) is 2. The van der Waals surface area contributed by atoms with E-state index >= 15 is 0 Å². The number of hydrogen-bond donors (Lipinski definition) is 2.